The van der Waals surface area contributed by atoms with E-state index in [-0.39, 0.29) is 6.54 Å². The number of nitrogens with one attached hydrogen (secondary N) is 1. The smallest absolute Gasteiger partial charge is 0.296 e. The van der Waals surface area contributed by atoms with Crippen molar-refractivity contribution in [3.8, 4) is 0 Å². The van der Waals surface area contributed by atoms with Gasteiger partial charge in [-0.2, -0.15) is 8.42 Å². The fourth-order valence-corrected chi connectivity index (χ4v) is 2.77. The highest BCUT2D eigenvalue weighted by molar-refractivity contribution is 7.87. The van der Waals surface area contributed by atoms with E-state index < -0.39 is 22.2 Å². The zero-order valence-electron chi connectivity index (χ0n) is 12.8. The van der Waals surface area contributed by atoms with Crippen LogP contribution in [-0.2, 0) is 15.0 Å². The molecule has 1 atom stereocenters. The minimum absolute atomic E-state index is 0.192. The van der Waals surface area contributed by atoms with Gasteiger partial charge in [0.25, 0.3) is 10.2 Å². The SMILES string of the molecule is CNS(=O)(=O)N(CCN(C)C)N1C=C(C)C=CC1C(N)=O. The number of hydrogen-bond donors (Lipinski definition) is 2. The standard InChI is InChI=1S/C12H23N5O3S/c1-10-5-6-11(12(13)18)16(9-10)17(8-7-15(3)4)21(19,20)14-2/h5-6,9,11,14H,7-8H2,1-4H3,(H2,13,18). The molecule has 0 aromatic heterocycles. The van der Waals surface area contributed by atoms with Crippen LogP contribution < -0.4 is 10.5 Å². The number of likely N-dealkylation sites (N-methyl/N-ethyl adjacent to an activating group) is 1. The first-order chi connectivity index (χ1) is 9.69. The van der Waals surface area contributed by atoms with Gasteiger partial charge in [-0.1, -0.05) is 16.6 Å². The van der Waals surface area contributed by atoms with Crippen LogP contribution >= 0.6 is 0 Å². The lowest BCUT2D eigenvalue weighted by molar-refractivity contribution is -0.123. The zero-order valence-corrected chi connectivity index (χ0v) is 13.6. The summed E-state index contributed by atoms with van der Waals surface area (Å²) in [7, 11) is 1.26. The maximum Gasteiger partial charge on any atom is 0.296 e. The summed E-state index contributed by atoms with van der Waals surface area (Å²) < 4.78 is 27.9. The molecule has 21 heavy (non-hydrogen) atoms. The van der Waals surface area contributed by atoms with Crippen molar-refractivity contribution in [2.45, 2.75) is 13.0 Å². The second-order valence-electron chi connectivity index (χ2n) is 5.02. The van der Waals surface area contributed by atoms with Crippen LogP contribution in [0.5, 0.6) is 0 Å². The van der Waals surface area contributed by atoms with E-state index >= 15 is 0 Å². The summed E-state index contributed by atoms with van der Waals surface area (Å²) in [6.07, 6.45) is 4.92. The molecular formula is C12H23N5O3S. The summed E-state index contributed by atoms with van der Waals surface area (Å²) in [6.45, 7) is 2.51. The average molecular weight is 317 g/mol. The Morgan fingerprint density at radius 2 is 2.05 bits per heavy atom. The van der Waals surface area contributed by atoms with Crippen molar-refractivity contribution in [3.63, 3.8) is 0 Å². The fraction of sp³-hybridized carbons (Fsp3) is 0.583. The van der Waals surface area contributed by atoms with Crippen molar-refractivity contribution < 1.29 is 13.2 Å². The monoisotopic (exact) mass is 317 g/mol. The summed E-state index contributed by atoms with van der Waals surface area (Å²) in [5.41, 5.74) is 6.20. The lowest BCUT2D eigenvalue weighted by Gasteiger charge is -2.38. The average Bonchev–Trinajstić information content (AvgIpc) is 2.38. The fourth-order valence-electron chi connectivity index (χ4n) is 1.84. The van der Waals surface area contributed by atoms with Gasteiger partial charge in [-0.25, -0.2) is 4.72 Å². The lowest BCUT2D eigenvalue weighted by atomic mass is 10.1. The van der Waals surface area contributed by atoms with Gasteiger partial charge in [0, 0.05) is 26.3 Å². The van der Waals surface area contributed by atoms with E-state index in [1.807, 2.05) is 25.9 Å². The number of hydrogen-bond acceptors (Lipinski definition) is 5. The molecule has 0 radical (unpaired) electrons. The Bertz CT molecular complexity index is 541. The largest absolute Gasteiger partial charge is 0.368 e. The maximum absolute atomic E-state index is 12.2. The van der Waals surface area contributed by atoms with Gasteiger partial charge in [-0.3, -0.25) is 9.80 Å². The molecule has 1 unspecified atom stereocenters. The molecule has 3 N–H and O–H groups in total. The molecular weight excluding hydrogens is 294 g/mol. The van der Waals surface area contributed by atoms with Gasteiger partial charge in [-0.05, 0) is 26.6 Å². The first-order valence-corrected chi connectivity index (χ1v) is 7.93. The summed E-state index contributed by atoms with van der Waals surface area (Å²) in [5, 5.41) is 1.35. The Morgan fingerprint density at radius 3 is 2.52 bits per heavy atom. The molecule has 0 aromatic carbocycles. The molecule has 0 fully saturated rings. The minimum atomic E-state index is -3.75. The molecule has 1 amide bonds. The van der Waals surface area contributed by atoms with Crippen molar-refractivity contribution in [2.24, 2.45) is 5.73 Å². The number of amides is 1. The second kappa shape index (κ2) is 7.03. The van der Waals surface area contributed by atoms with Crippen molar-refractivity contribution in [1.82, 2.24) is 19.0 Å². The Morgan fingerprint density at radius 1 is 1.43 bits per heavy atom. The van der Waals surface area contributed by atoms with Crippen molar-refractivity contribution in [3.05, 3.63) is 23.9 Å². The number of primary amides is 1. The van der Waals surface area contributed by atoms with Gasteiger partial charge >= 0.3 is 0 Å². The lowest BCUT2D eigenvalue weighted by Crippen LogP contribution is -2.56. The molecule has 1 heterocycles. The number of allylic oxidation sites excluding steroid dienone is 2. The van der Waals surface area contributed by atoms with Gasteiger partial charge in [0.2, 0.25) is 5.91 Å². The first kappa shape index (κ1) is 17.6. The number of carbonyl (C=O) groups is 1. The Kier molecular flexibility index (Phi) is 5.90. The summed E-state index contributed by atoms with van der Waals surface area (Å²) in [5.74, 6) is -0.615. The summed E-state index contributed by atoms with van der Waals surface area (Å²) in [4.78, 5) is 13.4. The van der Waals surface area contributed by atoms with Crippen molar-refractivity contribution in [1.29, 1.82) is 0 Å². The number of rotatable bonds is 7. The Hall–Kier alpha value is -1.42. The normalized spacial score (nSPS) is 19.2. The zero-order chi connectivity index (χ0) is 16.2. The van der Waals surface area contributed by atoms with E-state index in [4.69, 9.17) is 5.73 Å². The second-order valence-corrected chi connectivity index (χ2v) is 6.80. The third-order valence-electron chi connectivity index (χ3n) is 2.99. The molecule has 0 aliphatic carbocycles. The highest BCUT2D eigenvalue weighted by atomic mass is 32.2. The van der Waals surface area contributed by atoms with E-state index in [1.54, 1.807) is 18.4 Å². The van der Waals surface area contributed by atoms with Gasteiger partial charge in [0.1, 0.15) is 6.04 Å². The van der Waals surface area contributed by atoms with Crippen LogP contribution in [0.1, 0.15) is 6.92 Å². The number of carbonyl (C=O) groups excluding carboxylic acids is 1. The molecule has 0 aromatic rings. The van der Waals surface area contributed by atoms with Crippen LogP contribution in [0.4, 0.5) is 0 Å². The number of nitrogens with zero attached hydrogens (tertiary/aromatic N) is 3. The van der Waals surface area contributed by atoms with Crippen LogP contribution in [0, 0.1) is 0 Å². The first-order valence-electron chi connectivity index (χ1n) is 6.49. The van der Waals surface area contributed by atoms with Gasteiger partial charge in [0.15, 0.2) is 0 Å². The maximum atomic E-state index is 12.2. The summed E-state index contributed by atoms with van der Waals surface area (Å²) in [6, 6.07) is -0.834. The van der Waals surface area contributed by atoms with Crippen molar-refractivity contribution in [2.75, 3.05) is 34.2 Å². The third-order valence-corrected chi connectivity index (χ3v) is 4.43. The van der Waals surface area contributed by atoms with Crippen LogP contribution in [-0.4, -0.2) is 68.9 Å². The van der Waals surface area contributed by atoms with Gasteiger partial charge < -0.3 is 10.6 Å². The summed E-state index contributed by atoms with van der Waals surface area (Å²) >= 11 is 0. The topological polar surface area (TPSA) is 99.0 Å². The molecule has 1 aliphatic rings. The van der Waals surface area contributed by atoms with Crippen molar-refractivity contribution >= 4 is 16.1 Å². The number of hydrazine groups is 1. The molecule has 1 rings (SSSR count). The predicted molar refractivity (Wildman–Crippen MR) is 81.0 cm³/mol. The molecule has 8 nitrogen and oxygen atoms in total. The quantitative estimate of drug-likeness (QED) is 0.618. The van der Waals surface area contributed by atoms with Crippen LogP contribution in [0.2, 0.25) is 0 Å². The minimum Gasteiger partial charge on any atom is -0.368 e. The highest BCUT2D eigenvalue weighted by Crippen LogP contribution is 2.18. The Balaban J connectivity index is 3.16. The molecule has 9 heteroatoms. The molecule has 120 valence electrons. The van der Waals surface area contributed by atoms with E-state index in [2.05, 4.69) is 4.72 Å². The predicted octanol–water partition coefficient (Wildman–Crippen LogP) is -1.14. The molecule has 1 aliphatic heterocycles. The van der Waals surface area contributed by atoms with E-state index in [9.17, 15) is 13.2 Å². The van der Waals surface area contributed by atoms with Crippen LogP contribution in [0.25, 0.3) is 0 Å². The van der Waals surface area contributed by atoms with E-state index in [0.29, 0.717) is 6.54 Å². The third kappa shape index (κ3) is 4.53. The number of nitrogens with two attached hydrogens (primary N) is 1. The molecule has 0 saturated heterocycles. The van der Waals surface area contributed by atoms with Gasteiger partial charge in [-0.15, -0.1) is 0 Å². The highest BCUT2D eigenvalue weighted by Gasteiger charge is 2.33. The molecule has 0 saturated carbocycles. The molecule has 0 bridgehead atoms. The molecule has 0 spiro atoms. The van der Waals surface area contributed by atoms with Crippen LogP contribution in [0.3, 0.4) is 0 Å². The van der Waals surface area contributed by atoms with Crippen LogP contribution in [0.15, 0.2) is 23.9 Å². The van der Waals surface area contributed by atoms with E-state index in [0.717, 1.165) is 9.99 Å². The van der Waals surface area contributed by atoms with Gasteiger partial charge in [0.05, 0.1) is 0 Å². The Labute approximate surface area is 126 Å². The van der Waals surface area contributed by atoms with E-state index in [1.165, 1.54) is 12.1 Å².